The molecule has 2 saturated heterocycles. The van der Waals surface area contributed by atoms with Crippen LogP contribution in [-0.4, -0.2) is 43.6 Å². The molecule has 6 heteroatoms. The highest BCUT2D eigenvalue weighted by Gasteiger charge is 2.37. The lowest BCUT2D eigenvalue weighted by atomic mass is 9.80. The number of nitrogens with zero attached hydrogens (tertiary/aromatic N) is 1. The number of carbonyl (C=O) groups is 1. The van der Waals surface area contributed by atoms with Crippen molar-refractivity contribution in [2.24, 2.45) is 5.92 Å². The number of ether oxygens (including phenoxy) is 1. The smallest absolute Gasteiger partial charge is 0.289 e. The molecule has 144 valence electrons. The van der Waals surface area contributed by atoms with Crippen molar-refractivity contribution >= 4 is 5.91 Å². The summed E-state index contributed by atoms with van der Waals surface area (Å²) < 4.78 is 10.7. The van der Waals surface area contributed by atoms with Gasteiger partial charge in [0.05, 0.1) is 0 Å². The van der Waals surface area contributed by atoms with Gasteiger partial charge in [0, 0.05) is 38.7 Å². The van der Waals surface area contributed by atoms with Crippen LogP contribution in [0.4, 0.5) is 0 Å². The Kier molecular flexibility index (Phi) is 5.57. The van der Waals surface area contributed by atoms with Gasteiger partial charge in [0.15, 0.2) is 5.76 Å². The first kappa shape index (κ1) is 18.2. The normalized spacial score (nSPS) is 23.7. The molecule has 1 aromatic carbocycles. The number of rotatable bonds is 5. The summed E-state index contributed by atoms with van der Waals surface area (Å²) in [6.45, 7) is 2.87. The number of benzene rings is 1. The molecule has 4 rings (SSSR count). The van der Waals surface area contributed by atoms with Crippen molar-refractivity contribution in [3.8, 4) is 0 Å². The summed E-state index contributed by atoms with van der Waals surface area (Å²) in [6.07, 6.45) is 2.00. The van der Waals surface area contributed by atoms with Gasteiger partial charge in [-0.15, -0.1) is 0 Å². The predicted molar refractivity (Wildman–Crippen MR) is 102 cm³/mol. The van der Waals surface area contributed by atoms with Crippen LogP contribution in [0, 0.1) is 5.92 Å². The molecule has 2 atom stereocenters. The number of furan rings is 1. The minimum atomic E-state index is -0.0204. The lowest BCUT2D eigenvalue weighted by Gasteiger charge is -2.36. The van der Waals surface area contributed by atoms with E-state index >= 15 is 0 Å². The van der Waals surface area contributed by atoms with Crippen LogP contribution in [-0.2, 0) is 11.3 Å². The van der Waals surface area contributed by atoms with E-state index in [9.17, 15) is 4.79 Å². The minimum Gasteiger partial charge on any atom is -0.453 e. The van der Waals surface area contributed by atoms with Gasteiger partial charge in [0.1, 0.15) is 12.4 Å². The molecule has 2 fully saturated rings. The number of carbonyl (C=O) groups excluding carboxylic acids is 1. The zero-order valence-corrected chi connectivity index (χ0v) is 15.7. The highest BCUT2D eigenvalue weighted by atomic mass is 16.5. The number of nitrogens with one attached hydrogen (secondary N) is 2. The number of methoxy groups -OCH3 is 1. The Bertz CT molecular complexity index is 753. The van der Waals surface area contributed by atoms with Crippen LogP contribution in [0.2, 0.25) is 0 Å². The minimum absolute atomic E-state index is 0.0204. The highest BCUT2D eigenvalue weighted by Crippen LogP contribution is 2.32. The van der Waals surface area contributed by atoms with Gasteiger partial charge in [-0.25, -0.2) is 0 Å². The Morgan fingerprint density at radius 1 is 1.19 bits per heavy atom. The number of hydrogen-bond donors (Lipinski definition) is 2. The van der Waals surface area contributed by atoms with Crippen LogP contribution in [0.1, 0.15) is 40.6 Å². The topological polar surface area (TPSA) is 66.7 Å². The van der Waals surface area contributed by atoms with E-state index < -0.39 is 0 Å². The molecule has 2 aliphatic rings. The van der Waals surface area contributed by atoms with Gasteiger partial charge >= 0.3 is 0 Å². The van der Waals surface area contributed by atoms with Crippen LogP contribution in [0.15, 0.2) is 46.9 Å². The van der Waals surface area contributed by atoms with Crippen molar-refractivity contribution in [1.82, 2.24) is 15.8 Å². The average Bonchev–Trinajstić information content (AvgIpc) is 3.38. The lowest BCUT2D eigenvalue weighted by Crippen LogP contribution is -2.45. The van der Waals surface area contributed by atoms with Crippen LogP contribution in [0.25, 0.3) is 0 Å². The van der Waals surface area contributed by atoms with Crippen molar-refractivity contribution in [2.75, 3.05) is 26.7 Å². The van der Waals surface area contributed by atoms with Crippen molar-refractivity contribution in [2.45, 2.75) is 31.4 Å². The largest absolute Gasteiger partial charge is 0.453 e. The lowest BCUT2D eigenvalue weighted by molar-refractivity contribution is 0.0631. The summed E-state index contributed by atoms with van der Waals surface area (Å²) in [5.74, 6) is 2.09. The van der Waals surface area contributed by atoms with E-state index in [0.29, 0.717) is 36.0 Å². The molecule has 0 radical (unpaired) electrons. The van der Waals surface area contributed by atoms with Crippen molar-refractivity contribution in [3.63, 3.8) is 0 Å². The fourth-order valence-corrected chi connectivity index (χ4v) is 4.32. The quantitative estimate of drug-likeness (QED) is 0.848. The monoisotopic (exact) mass is 369 g/mol. The highest BCUT2D eigenvalue weighted by molar-refractivity contribution is 5.91. The first-order valence-corrected chi connectivity index (χ1v) is 9.66. The molecule has 27 heavy (non-hydrogen) atoms. The van der Waals surface area contributed by atoms with Gasteiger partial charge in [0.25, 0.3) is 5.91 Å². The van der Waals surface area contributed by atoms with Crippen molar-refractivity contribution < 1.29 is 13.9 Å². The van der Waals surface area contributed by atoms with E-state index in [1.807, 2.05) is 11.0 Å². The van der Waals surface area contributed by atoms with Gasteiger partial charge in [0.2, 0.25) is 0 Å². The van der Waals surface area contributed by atoms with Crippen LogP contribution in [0.5, 0.6) is 0 Å². The molecule has 2 aromatic rings. The number of likely N-dealkylation sites (tertiary alicyclic amines) is 1. The summed E-state index contributed by atoms with van der Waals surface area (Å²) >= 11 is 0. The average molecular weight is 369 g/mol. The fraction of sp³-hybridized carbons (Fsp3) is 0.476. The SMILES string of the molecule is COCc1ccc(C(=O)N2CCC(C3NNCC3c3ccccc3)CC2)o1. The molecule has 2 unspecified atom stereocenters. The maximum atomic E-state index is 12.7. The molecule has 2 N–H and O–H groups in total. The third-order valence-corrected chi connectivity index (χ3v) is 5.75. The number of piperidine rings is 1. The zero-order chi connectivity index (χ0) is 18.6. The Hall–Kier alpha value is -2.15. The van der Waals surface area contributed by atoms with Gasteiger partial charge in [-0.05, 0) is 36.5 Å². The predicted octanol–water partition coefficient (Wildman–Crippen LogP) is 2.54. The zero-order valence-electron chi connectivity index (χ0n) is 15.7. The molecule has 0 spiro atoms. The summed E-state index contributed by atoms with van der Waals surface area (Å²) in [5, 5.41) is 0. The van der Waals surface area contributed by atoms with Gasteiger partial charge < -0.3 is 14.1 Å². The van der Waals surface area contributed by atoms with Gasteiger partial charge in [-0.1, -0.05) is 30.3 Å². The fourth-order valence-electron chi connectivity index (χ4n) is 4.32. The Labute approximate surface area is 159 Å². The summed E-state index contributed by atoms with van der Waals surface area (Å²) in [7, 11) is 1.61. The molecule has 2 aliphatic heterocycles. The second kappa shape index (κ2) is 8.25. The Balaban J connectivity index is 1.36. The summed E-state index contributed by atoms with van der Waals surface area (Å²) in [6, 6.07) is 14.6. The third kappa shape index (κ3) is 3.93. The van der Waals surface area contributed by atoms with Crippen molar-refractivity contribution in [3.05, 3.63) is 59.5 Å². The molecule has 1 aromatic heterocycles. The van der Waals surface area contributed by atoms with E-state index in [4.69, 9.17) is 9.15 Å². The van der Waals surface area contributed by atoms with E-state index in [1.54, 1.807) is 13.2 Å². The van der Waals surface area contributed by atoms with E-state index in [-0.39, 0.29) is 5.91 Å². The molecule has 1 amide bonds. The molecule has 0 aliphatic carbocycles. The number of amides is 1. The maximum absolute atomic E-state index is 12.7. The molecule has 6 nitrogen and oxygen atoms in total. The summed E-state index contributed by atoms with van der Waals surface area (Å²) in [4.78, 5) is 14.6. The molecular weight excluding hydrogens is 342 g/mol. The molecule has 0 saturated carbocycles. The molecule has 0 bridgehead atoms. The Morgan fingerprint density at radius 3 is 2.70 bits per heavy atom. The second-order valence-corrected chi connectivity index (χ2v) is 7.40. The molecular formula is C21H27N3O3. The van der Waals surface area contributed by atoms with E-state index in [1.165, 1.54) is 5.56 Å². The third-order valence-electron chi connectivity index (χ3n) is 5.75. The van der Waals surface area contributed by atoms with Crippen LogP contribution in [0.3, 0.4) is 0 Å². The van der Waals surface area contributed by atoms with Gasteiger partial charge in [-0.2, -0.15) is 0 Å². The Morgan fingerprint density at radius 2 is 1.96 bits per heavy atom. The van der Waals surface area contributed by atoms with E-state index in [2.05, 4.69) is 41.2 Å². The van der Waals surface area contributed by atoms with Gasteiger partial charge in [-0.3, -0.25) is 15.6 Å². The van der Waals surface area contributed by atoms with Crippen molar-refractivity contribution in [1.29, 1.82) is 0 Å². The number of hydrazine groups is 1. The van der Waals surface area contributed by atoms with Crippen LogP contribution < -0.4 is 10.9 Å². The second-order valence-electron chi connectivity index (χ2n) is 7.40. The first-order chi connectivity index (χ1) is 13.3. The van der Waals surface area contributed by atoms with E-state index in [0.717, 1.165) is 32.5 Å². The van der Waals surface area contributed by atoms with Crippen LogP contribution >= 0.6 is 0 Å². The summed E-state index contributed by atoms with van der Waals surface area (Å²) in [5.41, 5.74) is 8.19. The molecule has 3 heterocycles. The standard InChI is InChI=1S/C21H27N3O3/c1-26-14-17-7-8-19(27-17)21(25)24-11-9-16(10-12-24)20-18(13-22-23-20)15-5-3-2-4-6-15/h2-8,16,18,20,22-23H,9-14H2,1H3. The first-order valence-electron chi connectivity index (χ1n) is 9.66. The number of hydrogen-bond acceptors (Lipinski definition) is 5. The maximum Gasteiger partial charge on any atom is 0.289 e.